The molecule has 0 aromatic heterocycles. The number of piperidine rings is 1. The monoisotopic (exact) mass is 335 g/mol. The van der Waals surface area contributed by atoms with Gasteiger partial charge >= 0.3 is 0 Å². The first-order valence-corrected chi connectivity index (χ1v) is 9.46. The van der Waals surface area contributed by atoms with E-state index in [1.54, 1.807) is 4.90 Å². The van der Waals surface area contributed by atoms with Gasteiger partial charge in [0.25, 0.3) is 0 Å². The molecule has 134 valence electrons. The SMILES string of the molecule is O=CN1CCN(C(=O)C2CCC(C(=O)N3CCCCC3)CC2)CC1. The highest BCUT2D eigenvalue weighted by molar-refractivity contribution is 5.81. The second-order valence-corrected chi connectivity index (χ2v) is 7.40. The first kappa shape index (κ1) is 17.2. The molecule has 6 heteroatoms. The number of amides is 3. The number of carbonyl (C=O) groups excluding carboxylic acids is 3. The van der Waals surface area contributed by atoms with Gasteiger partial charge in [0.15, 0.2) is 0 Å². The molecule has 6 nitrogen and oxygen atoms in total. The Morgan fingerprint density at radius 2 is 1.12 bits per heavy atom. The summed E-state index contributed by atoms with van der Waals surface area (Å²) in [6.07, 6.45) is 7.72. The number of likely N-dealkylation sites (tertiary alicyclic amines) is 1. The van der Waals surface area contributed by atoms with Crippen molar-refractivity contribution in [3.8, 4) is 0 Å². The third-order valence-corrected chi connectivity index (χ3v) is 5.87. The predicted molar refractivity (Wildman–Crippen MR) is 90.1 cm³/mol. The van der Waals surface area contributed by atoms with Crippen LogP contribution in [0.5, 0.6) is 0 Å². The fraction of sp³-hybridized carbons (Fsp3) is 0.833. The topological polar surface area (TPSA) is 60.9 Å². The van der Waals surface area contributed by atoms with Crippen LogP contribution in [-0.4, -0.2) is 72.2 Å². The molecule has 3 rings (SSSR count). The van der Waals surface area contributed by atoms with E-state index in [-0.39, 0.29) is 17.7 Å². The zero-order valence-electron chi connectivity index (χ0n) is 14.5. The molecule has 0 spiro atoms. The van der Waals surface area contributed by atoms with E-state index < -0.39 is 0 Å². The van der Waals surface area contributed by atoms with E-state index in [9.17, 15) is 14.4 Å². The Morgan fingerprint density at radius 3 is 1.58 bits per heavy atom. The van der Waals surface area contributed by atoms with Crippen molar-refractivity contribution in [1.82, 2.24) is 14.7 Å². The van der Waals surface area contributed by atoms with Gasteiger partial charge in [-0.25, -0.2) is 0 Å². The molecule has 0 aromatic carbocycles. The Balaban J connectivity index is 1.45. The maximum atomic E-state index is 12.7. The molecule has 0 bridgehead atoms. The lowest BCUT2D eigenvalue weighted by molar-refractivity contribution is -0.143. The number of hydrogen-bond donors (Lipinski definition) is 0. The Kier molecular flexibility index (Phi) is 5.74. The molecule has 1 aliphatic carbocycles. The normalized spacial score (nSPS) is 28.6. The summed E-state index contributed by atoms with van der Waals surface area (Å²) in [7, 11) is 0. The van der Waals surface area contributed by atoms with Crippen LogP contribution in [0.2, 0.25) is 0 Å². The van der Waals surface area contributed by atoms with Crippen LogP contribution in [0.15, 0.2) is 0 Å². The van der Waals surface area contributed by atoms with Crippen molar-refractivity contribution in [2.45, 2.75) is 44.9 Å². The average Bonchev–Trinajstić information content (AvgIpc) is 2.68. The summed E-state index contributed by atoms with van der Waals surface area (Å²) in [4.78, 5) is 41.7. The molecule has 0 unspecified atom stereocenters. The zero-order valence-corrected chi connectivity index (χ0v) is 14.5. The summed E-state index contributed by atoms with van der Waals surface area (Å²) in [5.41, 5.74) is 0. The largest absolute Gasteiger partial charge is 0.342 e. The van der Waals surface area contributed by atoms with Gasteiger partial charge in [-0.2, -0.15) is 0 Å². The van der Waals surface area contributed by atoms with E-state index in [1.165, 1.54) is 6.42 Å². The molecule has 2 aliphatic heterocycles. The van der Waals surface area contributed by atoms with Crippen LogP contribution in [-0.2, 0) is 14.4 Å². The first-order chi connectivity index (χ1) is 11.7. The molecule has 2 saturated heterocycles. The van der Waals surface area contributed by atoms with Crippen LogP contribution in [0.4, 0.5) is 0 Å². The lowest BCUT2D eigenvalue weighted by atomic mass is 9.80. The van der Waals surface area contributed by atoms with Gasteiger partial charge in [-0.15, -0.1) is 0 Å². The molecule has 3 amide bonds. The summed E-state index contributed by atoms with van der Waals surface area (Å²) in [6, 6.07) is 0. The lowest BCUT2D eigenvalue weighted by Crippen LogP contribution is -2.50. The molecule has 24 heavy (non-hydrogen) atoms. The van der Waals surface area contributed by atoms with Crippen molar-refractivity contribution < 1.29 is 14.4 Å². The Labute approximate surface area is 144 Å². The Morgan fingerprint density at radius 1 is 0.667 bits per heavy atom. The lowest BCUT2D eigenvalue weighted by Gasteiger charge is -2.37. The highest BCUT2D eigenvalue weighted by Gasteiger charge is 2.34. The summed E-state index contributed by atoms with van der Waals surface area (Å²) < 4.78 is 0. The molecule has 3 aliphatic rings. The third kappa shape index (κ3) is 3.90. The van der Waals surface area contributed by atoms with Crippen LogP contribution < -0.4 is 0 Å². The van der Waals surface area contributed by atoms with E-state index in [0.29, 0.717) is 32.1 Å². The van der Waals surface area contributed by atoms with Crippen molar-refractivity contribution in [1.29, 1.82) is 0 Å². The standard InChI is InChI=1S/C18H29N3O3/c22-14-19-10-12-21(13-11-19)18(24)16-6-4-15(5-7-16)17(23)20-8-2-1-3-9-20/h14-16H,1-13H2. The second kappa shape index (κ2) is 7.99. The van der Waals surface area contributed by atoms with Gasteiger partial charge in [-0.3, -0.25) is 14.4 Å². The maximum absolute atomic E-state index is 12.7. The number of rotatable bonds is 3. The maximum Gasteiger partial charge on any atom is 0.225 e. The van der Waals surface area contributed by atoms with Crippen LogP contribution in [0, 0.1) is 11.8 Å². The van der Waals surface area contributed by atoms with Gasteiger partial charge in [0.2, 0.25) is 18.2 Å². The molecule has 0 aromatic rings. The van der Waals surface area contributed by atoms with Gasteiger partial charge in [-0.1, -0.05) is 0 Å². The number of piperazine rings is 1. The second-order valence-electron chi connectivity index (χ2n) is 7.40. The summed E-state index contributed by atoms with van der Waals surface area (Å²) in [6.45, 7) is 4.39. The van der Waals surface area contributed by atoms with Crippen LogP contribution in [0.3, 0.4) is 0 Å². The molecular formula is C18H29N3O3. The zero-order chi connectivity index (χ0) is 16.9. The average molecular weight is 335 g/mol. The minimum Gasteiger partial charge on any atom is -0.342 e. The van der Waals surface area contributed by atoms with E-state index in [4.69, 9.17) is 0 Å². The number of hydrogen-bond acceptors (Lipinski definition) is 3. The smallest absolute Gasteiger partial charge is 0.225 e. The van der Waals surface area contributed by atoms with E-state index >= 15 is 0 Å². The summed E-state index contributed by atoms with van der Waals surface area (Å²) in [5.74, 6) is 0.738. The molecule has 2 heterocycles. The Bertz CT molecular complexity index is 460. The minimum absolute atomic E-state index is 0.0678. The molecule has 0 radical (unpaired) electrons. The third-order valence-electron chi connectivity index (χ3n) is 5.87. The molecule has 1 saturated carbocycles. The van der Waals surface area contributed by atoms with Crippen molar-refractivity contribution in [2.75, 3.05) is 39.3 Å². The molecule has 0 N–H and O–H groups in total. The molecular weight excluding hydrogens is 306 g/mol. The van der Waals surface area contributed by atoms with Gasteiger partial charge < -0.3 is 14.7 Å². The van der Waals surface area contributed by atoms with Crippen LogP contribution in [0.1, 0.15) is 44.9 Å². The minimum atomic E-state index is 0.0678. The number of carbonyl (C=O) groups is 3. The van der Waals surface area contributed by atoms with Crippen molar-refractivity contribution in [2.24, 2.45) is 11.8 Å². The van der Waals surface area contributed by atoms with Crippen molar-refractivity contribution in [3.63, 3.8) is 0 Å². The van der Waals surface area contributed by atoms with Gasteiger partial charge in [0.1, 0.15) is 0 Å². The van der Waals surface area contributed by atoms with Gasteiger partial charge in [0.05, 0.1) is 0 Å². The summed E-state index contributed by atoms with van der Waals surface area (Å²) in [5, 5.41) is 0. The van der Waals surface area contributed by atoms with Crippen LogP contribution in [0.25, 0.3) is 0 Å². The fourth-order valence-electron chi connectivity index (χ4n) is 4.27. The van der Waals surface area contributed by atoms with E-state index in [0.717, 1.165) is 58.0 Å². The molecule has 3 fully saturated rings. The summed E-state index contributed by atoms with van der Waals surface area (Å²) >= 11 is 0. The van der Waals surface area contributed by atoms with E-state index in [1.807, 2.05) is 9.80 Å². The molecule has 0 atom stereocenters. The first-order valence-electron chi connectivity index (χ1n) is 9.46. The van der Waals surface area contributed by atoms with Gasteiger partial charge in [0, 0.05) is 51.1 Å². The quantitative estimate of drug-likeness (QED) is 0.726. The highest BCUT2D eigenvalue weighted by atomic mass is 16.2. The highest BCUT2D eigenvalue weighted by Crippen LogP contribution is 2.32. The van der Waals surface area contributed by atoms with Crippen molar-refractivity contribution in [3.05, 3.63) is 0 Å². The predicted octanol–water partition coefficient (Wildman–Crippen LogP) is 1.11. The van der Waals surface area contributed by atoms with Crippen molar-refractivity contribution >= 4 is 18.2 Å². The van der Waals surface area contributed by atoms with Crippen LogP contribution >= 0.6 is 0 Å². The fourth-order valence-corrected chi connectivity index (χ4v) is 4.27. The Hall–Kier alpha value is -1.59. The number of nitrogens with zero attached hydrogens (tertiary/aromatic N) is 3. The van der Waals surface area contributed by atoms with Gasteiger partial charge in [-0.05, 0) is 44.9 Å². The van der Waals surface area contributed by atoms with E-state index in [2.05, 4.69) is 0 Å².